The maximum absolute atomic E-state index is 12.6. The number of aryl methyl sites for hydroxylation is 2. The minimum absolute atomic E-state index is 0.0302. The van der Waals surface area contributed by atoms with E-state index >= 15 is 0 Å². The molecule has 0 bridgehead atoms. The molecule has 1 unspecified atom stereocenters. The van der Waals surface area contributed by atoms with Crippen molar-refractivity contribution in [1.82, 2.24) is 15.3 Å². The largest absolute Gasteiger partial charge is 0.476 e. The van der Waals surface area contributed by atoms with Crippen molar-refractivity contribution in [3.63, 3.8) is 0 Å². The van der Waals surface area contributed by atoms with Gasteiger partial charge in [0.2, 0.25) is 17.7 Å². The molecule has 1 atom stereocenters. The van der Waals surface area contributed by atoms with Crippen molar-refractivity contribution in [2.45, 2.75) is 20.3 Å². The SMILES string of the molecule is Cc1ccc(N2CC(C(=O)NCCOc3cc(N4CCOCC4)nc(C)n3)CC2=O)cc1. The van der Waals surface area contributed by atoms with Gasteiger partial charge in [-0.25, -0.2) is 4.98 Å². The van der Waals surface area contributed by atoms with Crippen molar-refractivity contribution in [1.29, 1.82) is 0 Å². The molecule has 4 rings (SSSR count). The van der Waals surface area contributed by atoms with Crippen molar-refractivity contribution in [3.8, 4) is 5.88 Å². The highest BCUT2D eigenvalue weighted by Crippen LogP contribution is 2.25. The van der Waals surface area contributed by atoms with Crippen molar-refractivity contribution in [2.75, 3.05) is 55.8 Å². The van der Waals surface area contributed by atoms with Gasteiger partial charge >= 0.3 is 0 Å². The third-order valence-corrected chi connectivity index (χ3v) is 5.63. The zero-order valence-electron chi connectivity index (χ0n) is 18.5. The van der Waals surface area contributed by atoms with Gasteiger partial charge in [0.05, 0.1) is 25.7 Å². The maximum atomic E-state index is 12.6. The molecule has 32 heavy (non-hydrogen) atoms. The standard InChI is InChI=1S/C23H29N5O4/c1-16-3-5-19(6-4-16)28-15-18(13-22(28)29)23(30)24-7-10-32-21-14-20(25-17(2)26-21)27-8-11-31-12-9-27/h3-6,14,18H,7-13,15H2,1-2H3,(H,24,30). The number of amides is 2. The Kier molecular flexibility index (Phi) is 6.84. The lowest BCUT2D eigenvalue weighted by molar-refractivity contribution is -0.126. The summed E-state index contributed by atoms with van der Waals surface area (Å²) in [5.74, 6) is 1.41. The Labute approximate surface area is 187 Å². The average molecular weight is 440 g/mol. The molecule has 3 heterocycles. The Morgan fingerprint density at radius 3 is 2.69 bits per heavy atom. The number of rotatable bonds is 7. The van der Waals surface area contributed by atoms with E-state index in [-0.39, 0.29) is 30.8 Å². The number of hydrogen-bond acceptors (Lipinski definition) is 7. The molecule has 1 N–H and O–H groups in total. The Morgan fingerprint density at radius 1 is 1.19 bits per heavy atom. The monoisotopic (exact) mass is 439 g/mol. The van der Waals surface area contributed by atoms with Crippen LogP contribution in [0.5, 0.6) is 5.88 Å². The van der Waals surface area contributed by atoms with E-state index in [1.165, 1.54) is 0 Å². The van der Waals surface area contributed by atoms with Crippen molar-refractivity contribution in [2.24, 2.45) is 5.92 Å². The van der Waals surface area contributed by atoms with Gasteiger partial charge in [-0.2, -0.15) is 4.98 Å². The zero-order valence-corrected chi connectivity index (χ0v) is 18.5. The van der Waals surface area contributed by atoms with Crippen LogP contribution < -0.4 is 19.9 Å². The maximum Gasteiger partial charge on any atom is 0.227 e. The summed E-state index contributed by atoms with van der Waals surface area (Å²) in [6.45, 7) is 7.76. The Bertz CT molecular complexity index is 959. The van der Waals surface area contributed by atoms with E-state index in [2.05, 4.69) is 20.2 Å². The number of carbonyl (C=O) groups excluding carboxylic acids is 2. The van der Waals surface area contributed by atoms with E-state index in [4.69, 9.17) is 9.47 Å². The summed E-state index contributed by atoms with van der Waals surface area (Å²) in [5, 5.41) is 2.88. The van der Waals surface area contributed by atoms with Gasteiger partial charge in [-0.15, -0.1) is 0 Å². The molecular weight excluding hydrogens is 410 g/mol. The molecule has 2 saturated heterocycles. The first-order valence-corrected chi connectivity index (χ1v) is 11.0. The molecule has 0 radical (unpaired) electrons. The molecule has 2 aliphatic rings. The molecule has 1 aromatic carbocycles. The van der Waals surface area contributed by atoms with Crippen LogP contribution in [0.2, 0.25) is 0 Å². The number of nitrogens with one attached hydrogen (secondary N) is 1. The Hall–Kier alpha value is -3.20. The topological polar surface area (TPSA) is 96.9 Å². The highest BCUT2D eigenvalue weighted by Gasteiger charge is 2.34. The molecule has 0 saturated carbocycles. The van der Waals surface area contributed by atoms with Crippen molar-refractivity contribution >= 4 is 23.3 Å². The number of aromatic nitrogens is 2. The van der Waals surface area contributed by atoms with E-state index < -0.39 is 0 Å². The Balaban J connectivity index is 1.25. The lowest BCUT2D eigenvalue weighted by Crippen LogP contribution is -2.37. The normalized spacial score (nSPS) is 18.7. The summed E-state index contributed by atoms with van der Waals surface area (Å²) < 4.78 is 11.1. The van der Waals surface area contributed by atoms with Crippen LogP contribution in [0.15, 0.2) is 30.3 Å². The van der Waals surface area contributed by atoms with Crippen LogP contribution in [0.4, 0.5) is 11.5 Å². The summed E-state index contributed by atoms with van der Waals surface area (Å²) >= 11 is 0. The van der Waals surface area contributed by atoms with Gasteiger partial charge in [0.15, 0.2) is 0 Å². The van der Waals surface area contributed by atoms with Gasteiger partial charge in [-0.05, 0) is 26.0 Å². The van der Waals surface area contributed by atoms with Crippen LogP contribution in [-0.4, -0.2) is 67.8 Å². The molecule has 0 spiro atoms. The number of hydrogen-bond donors (Lipinski definition) is 1. The predicted octanol–water partition coefficient (Wildman–Crippen LogP) is 1.48. The molecule has 0 aliphatic carbocycles. The predicted molar refractivity (Wildman–Crippen MR) is 120 cm³/mol. The van der Waals surface area contributed by atoms with E-state index in [9.17, 15) is 9.59 Å². The summed E-state index contributed by atoms with van der Waals surface area (Å²) in [6.07, 6.45) is 0.217. The third-order valence-electron chi connectivity index (χ3n) is 5.63. The Morgan fingerprint density at radius 2 is 1.94 bits per heavy atom. The summed E-state index contributed by atoms with van der Waals surface area (Å²) in [6, 6.07) is 9.57. The van der Waals surface area contributed by atoms with Crippen molar-refractivity contribution in [3.05, 3.63) is 41.7 Å². The number of nitrogens with zero attached hydrogens (tertiary/aromatic N) is 4. The van der Waals surface area contributed by atoms with Crippen LogP contribution in [0, 0.1) is 19.8 Å². The van der Waals surface area contributed by atoms with Gasteiger partial charge in [0.25, 0.3) is 0 Å². The fourth-order valence-electron chi connectivity index (χ4n) is 3.89. The average Bonchev–Trinajstić information content (AvgIpc) is 3.19. The minimum Gasteiger partial charge on any atom is -0.476 e. The quantitative estimate of drug-likeness (QED) is 0.653. The molecule has 2 aliphatic heterocycles. The second kappa shape index (κ2) is 9.95. The summed E-state index contributed by atoms with van der Waals surface area (Å²) in [5.41, 5.74) is 1.96. The van der Waals surface area contributed by atoms with E-state index in [1.54, 1.807) is 4.90 Å². The first kappa shape index (κ1) is 22.0. The first-order chi connectivity index (χ1) is 15.5. The second-order valence-electron chi connectivity index (χ2n) is 8.09. The molecule has 9 nitrogen and oxygen atoms in total. The number of morpholine rings is 1. The van der Waals surface area contributed by atoms with E-state index in [0.29, 0.717) is 38.0 Å². The van der Waals surface area contributed by atoms with E-state index in [1.807, 2.05) is 44.2 Å². The zero-order chi connectivity index (χ0) is 22.5. The van der Waals surface area contributed by atoms with Crippen molar-refractivity contribution < 1.29 is 19.1 Å². The van der Waals surface area contributed by atoms with Crippen LogP contribution in [0.25, 0.3) is 0 Å². The van der Waals surface area contributed by atoms with Gasteiger partial charge in [-0.3, -0.25) is 9.59 Å². The lowest BCUT2D eigenvalue weighted by atomic mass is 10.1. The lowest BCUT2D eigenvalue weighted by Gasteiger charge is -2.28. The highest BCUT2D eigenvalue weighted by molar-refractivity contribution is 6.00. The number of anilines is 2. The minimum atomic E-state index is -0.363. The molecule has 170 valence electrons. The fraction of sp³-hybridized carbons (Fsp3) is 0.478. The van der Waals surface area contributed by atoms with Crippen LogP contribution >= 0.6 is 0 Å². The summed E-state index contributed by atoms with van der Waals surface area (Å²) in [7, 11) is 0. The molecular formula is C23H29N5O4. The van der Waals surface area contributed by atoms with Gasteiger partial charge in [0.1, 0.15) is 18.2 Å². The van der Waals surface area contributed by atoms with Crippen LogP contribution in [0.3, 0.4) is 0 Å². The molecule has 2 aromatic rings. The smallest absolute Gasteiger partial charge is 0.227 e. The summed E-state index contributed by atoms with van der Waals surface area (Å²) in [4.78, 5) is 37.6. The van der Waals surface area contributed by atoms with Crippen LogP contribution in [-0.2, 0) is 14.3 Å². The van der Waals surface area contributed by atoms with Crippen LogP contribution in [0.1, 0.15) is 17.8 Å². The third kappa shape index (κ3) is 5.34. The number of carbonyl (C=O) groups is 2. The fourth-order valence-corrected chi connectivity index (χ4v) is 3.89. The van der Waals surface area contributed by atoms with Gasteiger partial charge < -0.3 is 24.6 Å². The van der Waals surface area contributed by atoms with E-state index in [0.717, 1.165) is 30.2 Å². The highest BCUT2D eigenvalue weighted by atomic mass is 16.5. The number of benzene rings is 1. The molecule has 1 aromatic heterocycles. The first-order valence-electron chi connectivity index (χ1n) is 11.0. The molecule has 9 heteroatoms. The van der Waals surface area contributed by atoms with Gasteiger partial charge in [0, 0.05) is 37.8 Å². The molecule has 2 fully saturated rings. The number of ether oxygens (including phenoxy) is 2. The van der Waals surface area contributed by atoms with Gasteiger partial charge in [-0.1, -0.05) is 17.7 Å². The second-order valence-corrected chi connectivity index (χ2v) is 8.09. The molecule has 2 amide bonds.